The Bertz CT molecular complexity index is 608. The number of piperidine rings is 1. The first-order valence-electron chi connectivity index (χ1n) is 8.14. The van der Waals surface area contributed by atoms with E-state index in [2.05, 4.69) is 30.0 Å². The first kappa shape index (κ1) is 14.3. The van der Waals surface area contributed by atoms with Crippen LogP contribution in [0.1, 0.15) is 44.2 Å². The Morgan fingerprint density at radius 2 is 2.24 bits per heavy atom. The van der Waals surface area contributed by atoms with Gasteiger partial charge in [-0.15, -0.1) is 0 Å². The summed E-state index contributed by atoms with van der Waals surface area (Å²) >= 11 is 0. The third-order valence-corrected chi connectivity index (χ3v) is 4.54. The molecule has 3 heteroatoms. The molecule has 0 aliphatic carbocycles. The molecule has 1 saturated heterocycles. The predicted octanol–water partition coefficient (Wildman–Crippen LogP) is 3.80. The fraction of sp³-hybridized carbons (Fsp3) is 0.500. The van der Waals surface area contributed by atoms with E-state index in [0.29, 0.717) is 5.92 Å². The lowest BCUT2D eigenvalue weighted by Crippen LogP contribution is -2.35. The molecule has 0 saturated carbocycles. The summed E-state index contributed by atoms with van der Waals surface area (Å²) in [6.45, 7) is 5.88. The lowest BCUT2D eigenvalue weighted by molar-refractivity contribution is 0.204. The molecule has 1 aromatic heterocycles. The van der Waals surface area contributed by atoms with E-state index in [1.165, 1.54) is 55.2 Å². The van der Waals surface area contributed by atoms with Gasteiger partial charge in [0.2, 0.25) is 0 Å². The monoisotopic (exact) mass is 283 g/mol. The number of hydrogen-bond donors (Lipinski definition) is 1. The minimum atomic E-state index is 0.558. The Morgan fingerprint density at radius 3 is 3.10 bits per heavy atom. The van der Waals surface area contributed by atoms with Crippen molar-refractivity contribution >= 4 is 16.5 Å². The van der Waals surface area contributed by atoms with Crippen molar-refractivity contribution in [2.24, 2.45) is 0 Å². The van der Waals surface area contributed by atoms with Crippen molar-refractivity contribution in [3.8, 4) is 0 Å². The zero-order valence-electron chi connectivity index (χ0n) is 12.9. The van der Waals surface area contributed by atoms with Crippen LogP contribution >= 0.6 is 0 Å². The van der Waals surface area contributed by atoms with Gasteiger partial charge in [0.25, 0.3) is 0 Å². The smallest absolute Gasteiger partial charge is 0.0525 e. The van der Waals surface area contributed by atoms with Crippen LogP contribution in [-0.4, -0.2) is 29.5 Å². The molecule has 2 heterocycles. The summed E-state index contributed by atoms with van der Waals surface area (Å²) in [7, 11) is 0. The molecule has 2 aromatic rings. The number of nitrogen functional groups attached to an aromatic ring is 1. The van der Waals surface area contributed by atoms with Crippen LogP contribution in [0.5, 0.6) is 0 Å². The lowest BCUT2D eigenvalue weighted by atomic mass is 9.91. The highest BCUT2D eigenvalue weighted by Gasteiger charge is 2.23. The first-order valence-corrected chi connectivity index (χ1v) is 8.14. The molecule has 1 aliphatic heterocycles. The number of nitrogens with two attached hydrogens (primary N) is 1. The largest absolute Gasteiger partial charge is 0.399 e. The number of anilines is 1. The number of unbranched alkanes of at least 4 members (excludes halogenated alkanes) is 1. The summed E-state index contributed by atoms with van der Waals surface area (Å²) in [5, 5.41) is 2.49. The zero-order valence-corrected chi connectivity index (χ0v) is 12.9. The second-order valence-corrected chi connectivity index (χ2v) is 6.17. The molecule has 0 bridgehead atoms. The van der Waals surface area contributed by atoms with E-state index in [1.54, 1.807) is 0 Å². The molecule has 3 rings (SSSR count). The van der Waals surface area contributed by atoms with Crippen molar-refractivity contribution in [1.82, 2.24) is 9.88 Å². The molecule has 1 aromatic carbocycles. The summed E-state index contributed by atoms with van der Waals surface area (Å²) in [6.07, 6.45) is 7.03. The van der Waals surface area contributed by atoms with E-state index in [0.717, 1.165) is 12.2 Å². The minimum absolute atomic E-state index is 0.558. The van der Waals surface area contributed by atoms with Crippen molar-refractivity contribution in [3.63, 3.8) is 0 Å². The van der Waals surface area contributed by atoms with Crippen LogP contribution in [0.3, 0.4) is 0 Å². The van der Waals surface area contributed by atoms with Gasteiger partial charge in [-0.3, -0.25) is 4.98 Å². The highest BCUT2D eigenvalue weighted by atomic mass is 15.1. The van der Waals surface area contributed by atoms with Gasteiger partial charge in [0, 0.05) is 29.7 Å². The standard InChI is InChI=1S/C18H25N3/c1-2-3-10-21-11-4-5-15(13-21)18-17-7-6-16(19)12-14(17)8-9-20-18/h6-9,12,15H,2-5,10-11,13,19H2,1H3. The molecule has 0 radical (unpaired) electrons. The van der Waals surface area contributed by atoms with Gasteiger partial charge in [0.1, 0.15) is 0 Å². The van der Waals surface area contributed by atoms with E-state index >= 15 is 0 Å². The Morgan fingerprint density at radius 1 is 1.33 bits per heavy atom. The van der Waals surface area contributed by atoms with Crippen LogP contribution in [0, 0.1) is 0 Å². The van der Waals surface area contributed by atoms with Crippen molar-refractivity contribution in [3.05, 3.63) is 36.2 Å². The maximum absolute atomic E-state index is 5.90. The van der Waals surface area contributed by atoms with Crippen LogP contribution in [0.25, 0.3) is 10.8 Å². The topological polar surface area (TPSA) is 42.2 Å². The maximum atomic E-state index is 5.90. The summed E-state index contributed by atoms with van der Waals surface area (Å²) in [5.41, 5.74) is 7.99. The molecule has 2 N–H and O–H groups in total. The predicted molar refractivity (Wildman–Crippen MR) is 89.5 cm³/mol. The Kier molecular flexibility index (Phi) is 4.39. The average molecular weight is 283 g/mol. The number of pyridine rings is 1. The van der Waals surface area contributed by atoms with Crippen LogP contribution in [0.2, 0.25) is 0 Å². The number of aromatic nitrogens is 1. The minimum Gasteiger partial charge on any atom is -0.399 e. The second-order valence-electron chi connectivity index (χ2n) is 6.17. The average Bonchev–Trinajstić information content (AvgIpc) is 2.52. The number of rotatable bonds is 4. The van der Waals surface area contributed by atoms with Gasteiger partial charge >= 0.3 is 0 Å². The quantitative estimate of drug-likeness (QED) is 0.868. The maximum Gasteiger partial charge on any atom is 0.0525 e. The summed E-state index contributed by atoms with van der Waals surface area (Å²) < 4.78 is 0. The fourth-order valence-electron chi connectivity index (χ4n) is 3.41. The van der Waals surface area contributed by atoms with Crippen molar-refractivity contribution in [2.75, 3.05) is 25.4 Å². The Balaban J connectivity index is 1.86. The summed E-state index contributed by atoms with van der Waals surface area (Å²) in [4.78, 5) is 7.31. The number of nitrogens with zero attached hydrogens (tertiary/aromatic N) is 2. The molecular weight excluding hydrogens is 258 g/mol. The van der Waals surface area contributed by atoms with Crippen LogP contribution in [0.15, 0.2) is 30.5 Å². The first-order chi connectivity index (χ1) is 10.3. The van der Waals surface area contributed by atoms with E-state index in [4.69, 9.17) is 10.7 Å². The van der Waals surface area contributed by atoms with E-state index in [-0.39, 0.29) is 0 Å². The normalized spacial score (nSPS) is 20.0. The lowest BCUT2D eigenvalue weighted by Gasteiger charge is -2.32. The summed E-state index contributed by atoms with van der Waals surface area (Å²) in [6, 6.07) is 8.24. The molecule has 3 nitrogen and oxygen atoms in total. The van der Waals surface area contributed by atoms with Crippen molar-refractivity contribution in [2.45, 2.75) is 38.5 Å². The van der Waals surface area contributed by atoms with Crippen LogP contribution in [-0.2, 0) is 0 Å². The van der Waals surface area contributed by atoms with Gasteiger partial charge in [-0.1, -0.05) is 19.4 Å². The Hall–Kier alpha value is -1.61. The van der Waals surface area contributed by atoms with Gasteiger partial charge < -0.3 is 10.6 Å². The summed E-state index contributed by atoms with van der Waals surface area (Å²) in [5.74, 6) is 0.558. The van der Waals surface area contributed by atoms with E-state index < -0.39 is 0 Å². The third-order valence-electron chi connectivity index (χ3n) is 4.54. The van der Waals surface area contributed by atoms with Gasteiger partial charge in [-0.2, -0.15) is 0 Å². The van der Waals surface area contributed by atoms with Gasteiger partial charge in [0.15, 0.2) is 0 Å². The number of likely N-dealkylation sites (tertiary alicyclic amines) is 1. The zero-order chi connectivity index (χ0) is 14.7. The highest BCUT2D eigenvalue weighted by molar-refractivity contribution is 5.87. The highest BCUT2D eigenvalue weighted by Crippen LogP contribution is 2.31. The van der Waals surface area contributed by atoms with Crippen LogP contribution < -0.4 is 5.73 Å². The molecule has 1 aliphatic rings. The van der Waals surface area contributed by atoms with Crippen molar-refractivity contribution in [1.29, 1.82) is 0 Å². The molecule has 1 unspecified atom stereocenters. The molecule has 0 spiro atoms. The number of benzene rings is 1. The van der Waals surface area contributed by atoms with Crippen molar-refractivity contribution < 1.29 is 0 Å². The van der Waals surface area contributed by atoms with Gasteiger partial charge in [-0.05, 0) is 55.9 Å². The molecule has 112 valence electrons. The third kappa shape index (κ3) is 3.18. The van der Waals surface area contributed by atoms with Gasteiger partial charge in [-0.25, -0.2) is 0 Å². The van der Waals surface area contributed by atoms with Crippen LogP contribution in [0.4, 0.5) is 5.69 Å². The molecule has 0 amide bonds. The number of hydrogen-bond acceptors (Lipinski definition) is 3. The van der Waals surface area contributed by atoms with E-state index in [9.17, 15) is 0 Å². The Labute approximate surface area is 127 Å². The SMILES string of the molecule is CCCCN1CCCC(c2nccc3cc(N)ccc23)C1. The number of fused-ring (bicyclic) bond motifs is 1. The second kappa shape index (κ2) is 6.44. The molecular formula is C18H25N3. The van der Waals surface area contributed by atoms with E-state index in [1.807, 2.05) is 12.3 Å². The van der Waals surface area contributed by atoms with Gasteiger partial charge in [0.05, 0.1) is 5.69 Å². The fourth-order valence-corrected chi connectivity index (χ4v) is 3.41. The molecule has 1 fully saturated rings. The molecule has 21 heavy (non-hydrogen) atoms. The molecule has 1 atom stereocenters.